The van der Waals surface area contributed by atoms with Gasteiger partial charge in [-0.25, -0.2) is 0 Å². The molecule has 0 saturated carbocycles. The van der Waals surface area contributed by atoms with Crippen LogP contribution in [0.5, 0.6) is 0 Å². The van der Waals surface area contributed by atoms with Gasteiger partial charge in [0.25, 0.3) is 0 Å². The van der Waals surface area contributed by atoms with E-state index < -0.39 is 11.7 Å². The number of thioether (sulfide) groups is 1. The van der Waals surface area contributed by atoms with Gasteiger partial charge in [0.1, 0.15) is 5.76 Å². The Bertz CT molecular complexity index is 891. The number of rotatable bonds is 5. The van der Waals surface area contributed by atoms with Gasteiger partial charge < -0.3 is 5.11 Å². The molecule has 1 unspecified atom stereocenters. The van der Waals surface area contributed by atoms with E-state index >= 15 is 0 Å². The van der Waals surface area contributed by atoms with Crippen LogP contribution >= 0.6 is 27.7 Å². The van der Waals surface area contributed by atoms with Crippen molar-refractivity contribution < 1.29 is 23.1 Å². The maximum Gasteiger partial charge on any atom is 0.416 e. The molecular weight excluding hydrogens is 453 g/mol. The number of carbonyl (C=O) groups is 1. The number of ketones is 1. The number of aliphatic hydroxyl groups excluding tert-OH is 1. The molecule has 0 saturated heterocycles. The number of Topliss-reactive ketones (excluding diaryl/α,β-unsaturated/α-hetero) is 1. The molecule has 148 valence electrons. The van der Waals surface area contributed by atoms with Crippen LogP contribution in [0.2, 0.25) is 0 Å². The topological polar surface area (TPSA) is 37.3 Å². The molecule has 0 bridgehead atoms. The van der Waals surface area contributed by atoms with Crippen molar-refractivity contribution in [1.29, 1.82) is 0 Å². The Morgan fingerprint density at radius 1 is 1.07 bits per heavy atom. The highest BCUT2D eigenvalue weighted by Crippen LogP contribution is 2.37. The molecule has 0 fully saturated rings. The first-order chi connectivity index (χ1) is 13.3. The summed E-state index contributed by atoms with van der Waals surface area (Å²) in [6.07, 6.45) is -2.85. The normalized spacial score (nSPS) is 17.9. The molecule has 0 aliphatic heterocycles. The van der Waals surface area contributed by atoms with Gasteiger partial charge in [0.15, 0.2) is 5.78 Å². The van der Waals surface area contributed by atoms with Crippen molar-refractivity contribution in [1.82, 2.24) is 0 Å². The Kier molecular flexibility index (Phi) is 6.55. The Labute approximate surface area is 174 Å². The zero-order valence-electron chi connectivity index (χ0n) is 14.8. The van der Waals surface area contributed by atoms with E-state index in [1.807, 2.05) is 18.2 Å². The molecule has 0 aromatic heterocycles. The van der Waals surface area contributed by atoms with Crippen molar-refractivity contribution in [3.63, 3.8) is 0 Å². The summed E-state index contributed by atoms with van der Waals surface area (Å²) in [5.74, 6) is 0.717. The van der Waals surface area contributed by atoms with E-state index in [0.717, 1.165) is 21.5 Å². The minimum Gasteiger partial charge on any atom is -0.512 e. The summed E-state index contributed by atoms with van der Waals surface area (Å²) < 4.78 is 38.6. The van der Waals surface area contributed by atoms with E-state index in [1.165, 1.54) is 23.9 Å². The third-order valence-electron chi connectivity index (χ3n) is 4.64. The van der Waals surface area contributed by atoms with Crippen LogP contribution in [0.25, 0.3) is 5.57 Å². The largest absolute Gasteiger partial charge is 0.512 e. The van der Waals surface area contributed by atoms with Gasteiger partial charge in [-0.15, -0.1) is 11.8 Å². The first-order valence-corrected chi connectivity index (χ1v) is 10.5. The summed E-state index contributed by atoms with van der Waals surface area (Å²) in [5, 5.41) is 10.4. The second-order valence-electron chi connectivity index (χ2n) is 6.66. The van der Waals surface area contributed by atoms with E-state index in [9.17, 15) is 23.1 Å². The number of benzene rings is 2. The summed E-state index contributed by atoms with van der Waals surface area (Å²) in [6, 6.07) is 12.4. The van der Waals surface area contributed by atoms with Crippen LogP contribution in [0.15, 0.2) is 63.7 Å². The minimum atomic E-state index is -4.33. The Morgan fingerprint density at radius 2 is 1.75 bits per heavy atom. The number of halogens is 4. The van der Waals surface area contributed by atoms with Crippen LogP contribution in [0, 0.1) is 5.92 Å². The van der Waals surface area contributed by atoms with E-state index in [-0.39, 0.29) is 17.5 Å². The SMILES string of the molecule is O=C1CC(CCSc2ccc(C(F)(F)F)cc2)CC(O)=C1c1ccccc1Br. The summed E-state index contributed by atoms with van der Waals surface area (Å²) in [6.45, 7) is 0. The van der Waals surface area contributed by atoms with Crippen molar-refractivity contribution >= 4 is 39.0 Å². The standard InChI is InChI=1S/C21H18BrF3O2S/c22-17-4-2-1-3-16(17)20-18(26)11-13(12-19(20)27)9-10-28-15-7-5-14(6-8-15)21(23,24)25/h1-8,13,26H,9-12H2. The van der Waals surface area contributed by atoms with Crippen molar-refractivity contribution in [3.8, 4) is 0 Å². The molecule has 1 aliphatic carbocycles. The fraction of sp³-hybridized carbons (Fsp3) is 0.286. The molecule has 0 heterocycles. The van der Waals surface area contributed by atoms with Crippen LogP contribution < -0.4 is 0 Å². The molecule has 3 rings (SSSR count). The number of carbonyl (C=O) groups excluding carboxylic acids is 1. The van der Waals surface area contributed by atoms with Gasteiger partial charge in [0.2, 0.25) is 0 Å². The first-order valence-electron chi connectivity index (χ1n) is 8.76. The highest BCUT2D eigenvalue weighted by atomic mass is 79.9. The van der Waals surface area contributed by atoms with E-state index in [2.05, 4.69) is 15.9 Å². The molecule has 28 heavy (non-hydrogen) atoms. The number of alkyl halides is 3. The molecule has 0 amide bonds. The van der Waals surface area contributed by atoms with Gasteiger partial charge in [-0.3, -0.25) is 4.79 Å². The highest BCUT2D eigenvalue weighted by Gasteiger charge is 2.30. The molecule has 0 radical (unpaired) electrons. The van der Waals surface area contributed by atoms with Crippen molar-refractivity contribution in [2.75, 3.05) is 5.75 Å². The van der Waals surface area contributed by atoms with Crippen LogP contribution in [0.4, 0.5) is 13.2 Å². The fourth-order valence-corrected chi connectivity index (χ4v) is 4.73. The van der Waals surface area contributed by atoms with Crippen molar-refractivity contribution in [2.45, 2.75) is 30.3 Å². The Hall–Kier alpha value is -1.73. The average molecular weight is 471 g/mol. The molecule has 2 aromatic carbocycles. The van der Waals surface area contributed by atoms with E-state index in [1.54, 1.807) is 6.07 Å². The number of allylic oxidation sites excluding steroid dienone is 2. The van der Waals surface area contributed by atoms with Gasteiger partial charge in [-0.05, 0) is 48.4 Å². The zero-order valence-corrected chi connectivity index (χ0v) is 17.2. The van der Waals surface area contributed by atoms with Gasteiger partial charge in [-0.1, -0.05) is 34.1 Å². The van der Waals surface area contributed by atoms with Crippen LogP contribution in [-0.2, 0) is 11.0 Å². The fourth-order valence-electron chi connectivity index (χ4n) is 3.23. The van der Waals surface area contributed by atoms with Gasteiger partial charge in [0, 0.05) is 27.8 Å². The van der Waals surface area contributed by atoms with Crippen LogP contribution in [-0.4, -0.2) is 16.6 Å². The molecule has 7 heteroatoms. The van der Waals surface area contributed by atoms with Gasteiger partial charge >= 0.3 is 6.18 Å². The molecule has 1 N–H and O–H groups in total. The molecule has 0 spiro atoms. The maximum absolute atomic E-state index is 12.6. The summed E-state index contributed by atoms with van der Waals surface area (Å²) in [7, 11) is 0. The lowest BCUT2D eigenvalue weighted by Crippen LogP contribution is -2.19. The van der Waals surface area contributed by atoms with E-state index in [0.29, 0.717) is 36.2 Å². The maximum atomic E-state index is 12.6. The lowest BCUT2D eigenvalue weighted by molar-refractivity contribution is -0.137. The third-order valence-corrected chi connectivity index (χ3v) is 6.38. The monoisotopic (exact) mass is 470 g/mol. The molecular formula is C21H18BrF3O2S. The summed E-state index contributed by atoms with van der Waals surface area (Å²) in [5.41, 5.74) is 0.408. The smallest absolute Gasteiger partial charge is 0.416 e. The Balaban J connectivity index is 1.59. The Morgan fingerprint density at radius 3 is 2.36 bits per heavy atom. The lowest BCUT2D eigenvalue weighted by Gasteiger charge is -2.24. The number of aliphatic hydroxyl groups is 1. The molecule has 2 nitrogen and oxygen atoms in total. The molecule has 1 aliphatic rings. The second-order valence-corrected chi connectivity index (χ2v) is 8.68. The molecule has 1 atom stereocenters. The lowest BCUT2D eigenvalue weighted by atomic mass is 9.83. The second kappa shape index (κ2) is 8.74. The predicted octanol–water partition coefficient (Wildman–Crippen LogP) is 6.90. The number of hydrogen-bond acceptors (Lipinski definition) is 3. The van der Waals surface area contributed by atoms with Crippen LogP contribution in [0.1, 0.15) is 30.4 Å². The molecule has 2 aromatic rings. The zero-order chi connectivity index (χ0) is 20.3. The third kappa shape index (κ3) is 5.00. The number of hydrogen-bond donors (Lipinski definition) is 1. The average Bonchev–Trinajstić information content (AvgIpc) is 2.62. The van der Waals surface area contributed by atoms with Crippen LogP contribution in [0.3, 0.4) is 0 Å². The predicted molar refractivity (Wildman–Crippen MR) is 108 cm³/mol. The van der Waals surface area contributed by atoms with Crippen molar-refractivity contribution in [2.24, 2.45) is 5.92 Å². The van der Waals surface area contributed by atoms with Gasteiger partial charge in [-0.2, -0.15) is 13.2 Å². The van der Waals surface area contributed by atoms with E-state index in [4.69, 9.17) is 0 Å². The van der Waals surface area contributed by atoms with Gasteiger partial charge in [0.05, 0.1) is 11.1 Å². The summed E-state index contributed by atoms with van der Waals surface area (Å²) in [4.78, 5) is 13.3. The van der Waals surface area contributed by atoms with Crippen molar-refractivity contribution in [3.05, 3.63) is 69.9 Å². The quantitative estimate of drug-likeness (QED) is 0.482. The summed E-state index contributed by atoms with van der Waals surface area (Å²) >= 11 is 4.87. The highest BCUT2D eigenvalue weighted by molar-refractivity contribution is 9.10. The first kappa shape index (κ1) is 21.0. The minimum absolute atomic E-state index is 0.0284.